The van der Waals surface area contributed by atoms with E-state index in [0.717, 1.165) is 16.5 Å². The van der Waals surface area contributed by atoms with Crippen molar-refractivity contribution in [2.45, 2.75) is 6.10 Å². The van der Waals surface area contributed by atoms with Crippen molar-refractivity contribution in [1.82, 2.24) is 0 Å². The van der Waals surface area contributed by atoms with Crippen molar-refractivity contribution in [2.75, 3.05) is 20.3 Å². The normalized spacial score (nSPS) is 12.6. The second kappa shape index (κ2) is 5.66. The van der Waals surface area contributed by atoms with Crippen LogP contribution in [-0.4, -0.2) is 31.5 Å². The van der Waals surface area contributed by atoms with E-state index in [1.807, 2.05) is 42.5 Å². The summed E-state index contributed by atoms with van der Waals surface area (Å²) in [7, 11) is 1.56. The average molecular weight is 232 g/mol. The maximum atomic E-state index is 9.53. The van der Waals surface area contributed by atoms with E-state index < -0.39 is 6.10 Å². The molecule has 0 spiro atoms. The summed E-state index contributed by atoms with van der Waals surface area (Å²) in [6.07, 6.45) is -0.598. The fourth-order valence-electron chi connectivity index (χ4n) is 1.75. The number of hydrogen-bond acceptors (Lipinski definition) is 3. The highest BCUT2D eigenvalue weighted by molar-refractivity contribution is 5.88. The van der Waals surface area contributed by atoms with E-state index in [1.54, 1.807) is 7.11 Å². The van der Waals surface area contributed by atoms with Crippen LogP contribution in [0.15, 0.2) is 42.5 Å². The number of rotatable bonds is 5. The Hall–Kier alpha value is -1.58. The predicted octanol–water partition coefficient (Wildman–Crippen LogP) is 2.23. The second-order valence-corrected chi connectivity index (χ2v) is 3.90. The largest absolute Gasteiger partial charge is 0.490 e. The van der Waals surface area contributed by atoms with Crippen LogP contribution in [0.4, 0.5) is 0 Å². The van der Waals surface area contributed by atoms with Crippen LogP contribution in [0.3, 0.4) is 0 Å². The van der Waals surface area contributed by atoms with Gasteiger partial charge in [0.25, 0.3) is 0 Å². The first-order chi connectivity index (χ1) is 8.31. The number of aliphatic hydroxyl groups is 1. The van der Waals surface area contributed by atoms with Gasteiger partial charge in [0.05, 0.1) is 6.61 Å². The SMILES string of the molecule is COC[C@@H](O)COc1cccc2ccccc12. The molecule has 0 aliphatic carbocycles. The summed E-state index contributed by atoms with van der Waals surface area (Å²) >= 11 is 0. The van der Waals surface area contributed by atoms with E-state index in [9.17, 15) is 5.11 Å². The zero-order valence-corrected chi connectivity index (χ0v) is 9.80. The summed E-state index contributed by atoms with van der Waals surface area (Å²) in [6, 6.07) is 13.9. The van der Waals surface area contributed by atoms with Gasteiger partial charge in [-0.15, -0.1) is 0 Å². The van der Waals surface area contributed by atoms with Crippen LogP contribution in [0.2, 0.25) is 0 Å². The molecule has 90 valence electrons. The highest BCUT2D eigenvalue weighted by Crippen LogP contribution is 2.25. The molecule has 17 heavy (non-hydrogen) atoms. The lowest BCUT2D eigenvalue weighted by molar-refractivity contribution is 0.0329. The van der Waals surface area contributed by atoms with Gasteiger partial charge < -0.3 is 14.6 Å². The number of aliphatic hydroxyl groups excluding tert-OH is 1. The summed E-state index contributed by atoms with van der Waals surface area (Å²) < 4.78 is 10.5. The van der Waals surface area contributed by atoms with Crippen LogP contribution in [0, 0.1) is 0 Å². The molecule has 3 nitrogen and oxygen atoms in total. The smallest absolute Gasteiger partial charge is 0.127 e. The van der Waals surface area contributed by atoms with Gasteiger partial charge in [0.2, 0.25) is 0 Å². The zero-order valence-electron chi connectivity index (χ0n) is 9.80. The lowest BCUT2D eigenvalue weighted by atomic mass is 10.1. The quantitative estimate of drug-likeness (QED) is 0.859. The zero-order chi connectivity index (χ0) is 12.1. The van der Waals surface area contributed by atoms with Crippen molar-refractivity contribution in [1.29, 1.82) is 0 Å². The third-order valence-corrected chi connectivity index (χ3v) is 2.54. The summed E-state index contributed by atoms with van der Waals surface area (Å²) in [6.45, 7) is 0.520. The van der Waals surface area contributed by atoms with Gasteiger partial charge in [0, 0.05) is 12.5 Å². The Morgan fingerprint density at radius 3 is 2.65 bits per heavy atom. The van der Waals surface area contributed by atoms with Crippen molar-refractivity contribution in [3.8, 4) is 5.75 Å². The molecule has 2 aromatic rings. The van der Waals surface area contributed by atoms with Crippen LogP contribution in [0.5, 0.6) is 5.75 Å². The minimum atomic E-state index is -0.598. The van der Waals surface area contributed by atoms with Crippen LogP contribution < -0.4 is 4.74 Å². The molecule has 3 heteroatoms. The van der Waals surface area contributed by atoms with Gasteiger partial charge in [0.1, 0.15) is 18.5 Å². The molecule has 1 N–H and O–H groups in total. The van der Waals surface area contributed by atoms with E-state index in [4.69, 9.17) is 9.47 Å². The monoisotopic (exact) mass is 232 g/mol. The number of benzene rings is 2. The molecule has 0 aromatic heterocycles. The first kappa shape index (κ1) is 11.9. The first-order valence-electron chi connectivity index (χ1n) is 5.59. The highest BCUT2D eigenvalue weighted by Gasteiger charge is 2.06. The molecule has 0 fully saturated rings. The van der Waals surface area contributed by atoms with Crippen molar-refractivity contribution >= 4 is 10.8 Å². The predicted molar refractivity (Wildman–Crippen MR) is 67.3 cm³/mol. The molecule has 0 bridgehead atoms. The maximum Gasteiger partial charge on any atom is 0.127 e. The van der Waals surface area contributed by atoms with Gasteiger partial charge in [-0.2, -0.15) is 0 Å². The van der Waals surface area contributed by atoms with Gasteiger partial charge >= 0.3 is 0 Å². The Labute approximate surface area is 101 Å². The Kier molecular flexibility index (Phi) is 3.96. The Balaban J connectivity index is 2.13. The van der Waals surface area contributed by atoms with E-state index in [-0.39, 0.29) is 13.2 Å². The fourth-order valence-corrected chi connectivity index (χ4v) is 1.75. The van der Waals surface area contributed by atoms with Crippen molar-refractivity contribution in [3.05, 3.63) is 42.5 Å². The molecule has 2 aromatic carbocycles. The summed E-state index contributed by atoms with van der Waals surface area (Å²) in [5.74, 6) is 0.790. The fraction of sp³-hybridized carbons (Fsp3) is 0.286. The Morgan fingerprint density at radius 1 is 1.06 bits per heavy atom. The van der Waals surface area contributed by atoms with Gasteiger partial charge in [0.15, 0.2) is 0 Å². The molecule has 1 atom stereocenters. The standard InChI is InChI=1S/C14H16O3/c1-16-9-12(15)10-17-14-8-4-6-11-5-2-3-7-13(11)14/h2-8,12,15H,9-10H2,1H3/t12-/m1/s1. The lowest BCUT2D eigenvalue weighted by Crippen LogP contribution is -2.22. The molecule has 0 saturated heterocycles. The average Bonchev–Trinajstić information content (AvgIpc) is 2.36. The van der Waals surface area contributed by atoms with Crippen LogP contribution in [0.25, 0.3) is 10.8 Å². The molecular weight excluding hydrogens is 216 g/mol. The molecule has 0 amide bonds. The van der Waals surface area contributed by atoms with Gasteiger partial charge in [-0.3, -0.25) is 0 Å². The van der Waals surface area contributed by atoms with Gasteiger partial charge in [-0.25, -0.2) is 0 Å². The number of hydrogen-bond donors (Lipinski definition) is 1. The molecule has 0 unspecified atom stereocenters. The summed E-state index contributed by atoms with van der Waals surface area (Å²) in [5.41, 5.74) is 0. The topological polar surface area (TPSA) is 38.7 Å². The molecule has 2 rings (SSSR count). The molecular formula is C14H16O3. The van der Waals surface area contributed by atoms with Crippen LogP contribution >= 0.6 is 0 Å². The number of ether oxygens (including phenoxy) is 2. The minimum Gasteiger partial charge on any atom is -0.490 e. The van der Waals surface area contributed by atoms with Crippen LogP contribution in [-0.2, 0) is 4.74 Å². The van der Waals surface area contributed by atoms with E-state index in [2.05, 4.69) is 0 Å². The highest BCUT2D eigenvalue weighted by atomic mass is 16.5. The van der Waals surface area contributed by atoms with Crippen molar-refractivity contribution < 1.29 is 14.6 Å². The van der Waals surface area contributed by atoms with Gasteiger partial charge in [-0.1, -0.05) is 36.4 Å². The summed E-state index contributed by atoms with van der Waals surface area (Å²) in [5, 5.41) is 11.7. The van der Waals surface area contributed by atoms with E-state index >= 15 is 0 Å². The minimum absolute atomic E-state index is 0.238. The Morgan fingerprint density at radius 2 is 1.82 bits per heavy atom. The summed E-state index contributed by atoms with van der Waals surface area (Å²) in [4.78, 5) is 0. The lowest BCUT2D eigenvalue weighted by Gasteiger charge is -2.13. The number of methoxy groups -OCH3 is 1. The third kappa shape index (κ3) is 2.96. The maximum absolute atomic E-state index is 9.53. The van der Waals surface area contributed by atoms with Crippen molar-refractivity contribution in [3.63, 3.8) is 0 Å². The van der Waals surface area contributed by atoms with Crippen LogP contribution in [0.1, 0.15) is 0 Å². The van der Waals surface area contributed by atoms with E-state index in [1.165, 1.54) is 0 Å². The number of fused-ring (bicyclic) bond motifs is 1. The molecule has 0 aliphatic rings. The Bertz CT molecular complexity index is 476. The first-order valence-corrected chi connectivity index (χ1v) is 5.59. The molecule has 0 heterocycles. The van der Waals surface area contributed by atoms with Gasteiger partial charge in [-0.05, 0) is 11.5 Å². The molecule has 0 saturated carbocycles. The molecule has 0 aliphatic heterocycles. The third-order valence-electron chi connectivity index (χ3n) is 2.54. The van der Waals surface area contributed by atoms with Crippen molar-refractivity contribution in [2.24, 2.45) is 0 Å². The van der Waals surface area contributed by atoms with E-state index in [0.29, 0.717) is 0 Å². The molecule has 0 radical (unpaired) electrons. The second-order valence-electron chi connectivity index (χ2n) is 3.90.